The van der Waals surface area contributed by atoms with Crippen molar-refractivity contribution in [3.63, 3.8) is 0 Å². The third kappa shape index (κ3) is 4.36. The molecule has 0 bridgehead atoms. The van der Waals surface area contributed by atoms with Gasteiger partial charge in [-0.3, -0.25) is 4.79 Å². The van der Waals surface area contributed by atoms with E-state index in [0.29, 0.717) is 24.4 Å². The van der Waals surface area contributed by atoms with Gasteiger partial charge in [-0.2, -0.15) is 0 Å². The Kier molecular flexibility index (Phi) is 6.49. The molecule has 0 spiro atoms. The fourth-order valence-electron chi connectivity index (χ4n) is 2.19. The molecule has 1 aromatic rings. The molecule has 5 heteroatoms. The van der Waals surface area contributed by atoms with Crippen LogP contribution in [0.3, 0.4) is 0 Å². The predicted molar refractivity (Wildman–Crippen MR) is 87.8 cm³/mol. The van der Waals surface area contributed by atoms with E-state index in [-0.39, 0.29) is 11.9 Å². The molecule has 0 aromatic heterocycles. The molecule has 21 heavy (non-hydrogen) atoms. The van der Waals surface area contributed by atoms with Gasteiger partial charge in [-0.25, -0.2) is 0 Å². The Labute approximate surface area is 127 Å². The number of nitrogens with two attached hydrogens (primary N) is 1. The summed E-state index contributed by atoms with van der Waals surface area (Å²) in [7, 11) is 5.50. The molecule has 5 nitrogen and oxygen atoms in total. The minimum absolute atomic E-state index is 0.00148. The molecule has 0 aliphatic heterocycles. The first-order chi connectivity index (χ1) is 9.92. The zero-order valence-corrected chi connectivity index (χ0v) is 13.7. The highest BCUT2D eigenvalue weighted by Gasteiger charge is 2.20. The fraction of sp³-hybridized carbons (Fsp3) is 0.562. The van der Waals surface area contributed by atoms with Gasteiger partial charge in [0.05, 0.1) is 18.0 Å². The number of nitrogens with zero attached hydrogens (tertiary/aromatic N) is 2. The van der Waals surface area contributed by atoms with Crippen LogP contribution in [-0.4, -0.2) is 51.2 Å². The second-order valence-electron chi connectivity index (χ2n) is 5.42. The summed E-state index contributed by atoms with van der Waals surface area (Å²) >= 11 is 0. The summed E-state index contributed by atoms with van der Waals surface area (Å²) in [5.41, 5.74) is 8.18. The van der Waals surface area contributed by atoms with Crippen molar-refractivity contribution in [2.75, 3.05) is 45.0 Å². The van der Waals surface area contributed by atoms with Gasteiger partial charge in [0.15, 0.2) is 0 Å². The molecular formula is C16H27N3O2. The van der Waals surface area contributed by atoms with Crippen molar-refractivity contribution in [2.24, 2.45) is 0 Å². The molecule has 1 unspecified atom stereocenters. The maximum atomic E-state index is 12.7. The van der Waals surface area contributed by atoms with Crippen molar-refractivity contribution in [3.8, 4) is 0 Å². The van der Waals surface area contributed by atoms with Crippen LogP contribution in [0.2, 0.25) is 0 Å². The third-order valence-corrected chi connectivity index (χ3v) is 3.68. The summed E-state index contributed by atoms with van der Waals surface area (Å²) in [5, 5.41) is 0. The Hall–Kier alpha value is -1.75. The number of hydrogen-bond donors (Lipinski definition) is 1. The van der Waals surface area contributed by atoms with Crippen LogP contribution >= 0.6 is 0 Å². The van der Waals surface area contributed by atoms with Crippen LogP contribution < -0.4 is 10.6 Å². The summed E-state index contributed by atoms with van der Waals surface area (Å²) in [6, 6.07) is 5.63. The van der Waals surface area contributed by atoms with Crippen LogP contribution in [0.25, 0.3) is 0 Å². The van der Waals surface area contributed by atoms with E-state index in [1.165, 1.54) is 0 Å². The average Bonchev–Trinajstić information content (AvgIpc) is 2.46. The Morgan fingerprint density at radius 3 is 2.52 bits per heavy atom. The average molecular weight is 293 g/mol. The van der Waals surface area contributed by atoms with Gasteiger partial charge >= 0.3 is 0 Å². The number of benzene rings is 1. The number of carbonyl (C=O) groups excluding carboxylic acids is 1. The maximum absolute atomic E-state index is 12.7. The quantitative estimate of drug-likeness (QED) is 0.783. The highest BCUT2D eigenvalue weighted by atomic mass is 16.5. The van der Waals surface area contributed by atoms with Crippen molar-refractivity contribution in [3.05, 3.63) is 23.8 Å². The van der Waals surface area contributed by atoms with Gasteiger partial charge in [-0.1, -0.05) is 6.92 Å². The monoisotopic (exact) mass is 293 g/mol. The first kappa shape index (κ1) is 17.3. The van der Waals surface area contributed by atoms with Crippen LogP contribution in [0.4, 0.5) is 11.4 Å². The summed E-state index contributed by atoms with van der Waals surface area (Å²) in [5.74, 6) is -0.00148. The topological polar surface area (TPSA) is 58.8 Å². The Bertz CT molecular complexity index is 475. The van der Waals surface area contributed by atoms with E-state index in [1.54, 1.807) is 13.2 Å². The van der Waals surface area contributed by atoms with Crippen LogP contribution in [0.5, 0.6) is 0 Å². The number of carbonyl (C=O) groups is 1. The Morgan fingerprint density at radius 2 is 2.05 bits per heavy atom. The number of amides is 1. The van der Waals surface area contributed by atoms with Crippen molar-refractivity contribution in [1.82, 2.24) is 4.90 Å². The number of nitrogen functional groups attached to an aromatic ring is 1. The number of ether oxygens (including phenoxy) is 1. The SMILES string of the molecule is CCC(C)N(CCOC)C(=O)c1ccc(N(C)C)c(N)c1. The largest absolute Gasteiger partial charge is 0.397 e. The predicted octanol–water partition coefficient (Wildman–Crippen LogP) is 2.22. The van der Waals surface area contributed by atoms with E-state index < -0.39 is 0 Å². The molecule has 0 saturated heterocycles. The first-order valence-corrected chi connectivity index (χ1v) is 7.29. The van der Waals surface area contributed by atoms with E-state index in [9.17, 15) is 4.79 Å². The van der Waals surface area contributed by atoms with E-state index >= 15 is 0 Å². The molecular weight excluding hydrogens is 266 g/mol. The standard InChI is InChI=1S/C16H27N3O2/c1-6-12(2)19(9-10-21-5)16(20)13-7-8-15(18(3)4)14(17)11-13/h7-8,11-12H,6,9-10,17H2,1-5H3. The number of hydrogen-bond acceptors (Lipinski definition) is 4. The summed E-state index contributed by atoms with van der Waals surface area (Å²) in [6.07, 6.45) is 0.903. The molecule has 0 radical (unpaired) electrons. The second-order valence-corrected chi connectivity index (χ2v) is 5.42. The van der Waals surface area contributed by atoms with Gasteiger partial charge in [-0.15, -0.1) is 0 Å². The van der Waals surface area contributed by atoms with Crippen LogP contribution in [0.15, 0.2) is 18.2 Å². The molecule has 0 aliphatic carbocycles. The smallest absolute Gasteiger partial charge is 0.254 e. The molecule has 1 amide bonds. The highest BCUT2D eigenvalue weighted by Crippen LogP contribution is 2.23. The Morgan fingerprint density at radius 1 is 1.38 bits per heavy atom. The summed E-state index contributed by atoms with van der Waals surface area (Å²) < 4.78 is 5.10. The zero-order chi connectivity index (χ0) is 16.0. The molecule has 0 aliphatic rings. The minimum atomic E-state index is -0.00148. The minimum Gasteiger partial charge on any atom is -0.397 e. The number of methoxy groups -OCH3 is 1. The van der Waals surface area contributed by atoms with Gasteiger partial charge in [0, 0.05) is 39.4 Å². The molecule has 2 N–H and O–H groups in total. The highest BCUT2D eigenvalue weighted by molar-refractivity contribution is 5.96. The molecule has 0 fully saturated rings. The van der Waals surface area contributed by atoms with E-state index in [0.717, 1.165) is 12.1 Å². The third-order valence-electron chi connectivity index (χ3n) is 3.68. The van der Waals surface area contributed by atoms with Gasteiger partial charge < -0.3 is 20.3 Å². The van der Waals surface area contributed by atoms with Crippen molar-refractivity contribution in [2.45, 2.75) is 26.3 Å². The lowest BCUT2D eigenvalue weighted by molar-refractivity contribution is 0.0614. The fourth-order valence-corrected chi connectivity index (χ4v) is 2.19. The second kappa shape index (κ2) is 7.88. The first-order valence-electron chi connectivity index (χ1n) is 7.29. The van der Waals surface area contributed by atoms with Gasteiger partial charge in [0.2, 0.25) is 0 Å². The van der Waals surface area contributed by atoms with Crippen LogP contribution in [0.1, 0.15) is 30.6 Å². The lowest BCUT2D eigenvalue weighted by Crippen LogP contribution is -2.40. The number of rotatable bonds is 7. The lowest BCUT2D eigenvalue weighted by Gasteiger charge is -2.29. The Balaban J connectivity index is 3.00. The molecule has 1 aromatic carbocycles. The summed E-state index contributed by atoms with van der Waals surface area (Å²) in [4.78, 5) is 16.5. The van der Waals surface area contributed by atoms with Crippen molar-refractivity contribution < 1.29 is 9.53 Å². The summed E-state index contributed by atoms with van der Waals surface area (Å²) in [6.45, 7) is 5.23. The van der Waals surface area contributed by atoms with E-state index in [4.69, 9.17) is 10.5 Å². The van der Waals surface area contributed by atoms with Crippen LogP contribution in [0, 0.1) is 0 Å². The normalized spacial score (nSPS) is 12.0. The van der Waals surface area contributed by atoms with Gasteiger partial charge in [0.1, 0.15) is 0 Å². The maximum Gasteiger partial charge on any atom is 0.254 e. The molecule has 1 atom stereocenters. The van der Waals surface area contributed by atoms with E-state index in [1.807, 2.05) is 43.0 Å². The molecule has 0 saturated carbocycles. The number of anilines is 2. The zero-order valence-electron chi connectivity index (χ0n) is 13.7. The van der Waals surface area contributed by atoms with Crippen LogP contribution in [-0.2, 0) is 4.74 Å². The van der Waals surface area contributed by atoms with E-state index in [2.05, 4.69) is 6.92 Å². The lowest BCUT2D eigenvalue weighted by atomic mass is 10.1. The van der Waals surface area contributed by atoms with Crippen molar-refractivity contribution >= 4 is 17.3 Å². The molecule has 1 rings (SSSR count). The van der Waals surface area contributed by atoms with Gasteiger partial charge in [-0.05, 0) is 31.5 Å². The van der Waals surface area contributed by atoms with Gasteiger partial charge in [0.25, 0.3) is 5.91 Å². The molecule has 0 heterocycles. The molecule has 118 valence electrons. The van der Waals surface area contributed by atoms with Crippen molar-refractivity contribution in [1.29, 1.82) is 0 Å².